The van der Waals surface area contributed by atoms with Crippen molar-refractivity contribution in [1.82, 2.24) is 18.8 Å². The smallest absolute Gasteiger partial charge is 0.304 e. The molecule has 0 aliphatic carbocycles. The van der Waals surface area contributed by atoms with Crippen molar-refractivity contribution in [3.63, 3.8) is 0 Å². The lowest BCUT2D eigenvalue weighted by Crippen LogP contribution is -2.29. The first-order valence-electron chi connectivity index (χ1n) is 11.8. The first-order valence-corrected chi connectivity index (χ1v) is 13.2. The van der Waals surface area contributed by atoms with E-state index in [0.29, 0.717) is 22.6 Å². The monoisotopic (exact) mass is 517 g/mol. The van der Waals surface area contributed by atoms with Gasteiger partial charge in [-0.25, -0.2) is 9.40 Å². The zero-order valence-electron chi connectivity index (χ0n) is 20.7. The zero-order chi connectivity index (χ0) is 26.4. The maximum atomic E-state index is 13.4. The first-order chi connectivity index (χ1) is 17.5. The number of carbonyl (C=O) groups excluding carboxylic acids is 2. The van der Waals surface area contributed by atoms with E-state index in [1.165, 1.54) is 0 Å². The second kappa shape index (κ2) is 9.13. The van der Waals surface area contributed by atoms with Gasteiger partial charge in [0.25, 0.3) is 5.91 Å². The van der Waals surface area contributed by atoms with Crippen molar-refractivity contribution >= 4 is 38.6 Å². The Morgan fingerprint density at radius 3 is 2.49 bits per heavy atom. The summed E-state index contributed by atoms with van der Waals surface area (Å²) in [5.74, 6) is -0.329. The summed E-state index contributed by atoms with van der Waals surface area (Å²) >= 11 is 0. The molecule has 0 atom stereocenters. The quantitative estimate of drug-likeness (QED) is 0.419. The number of anilines is 1. The van der Waals surface area contributed by atoms with Gasteiger partial charge in [-0.1, -0.05) is 69.3 Å². The van der Waals surface area contributed by atoms with Crippen LogP contribution in [0.4, 0.5) is 5.82 Å². The number of nitrogens with one attached hydrogen (secondary N) is 2. The number of hydrogen-bond donors (Lipinski definition) is 2. The van der Waals surface area contributed by atoms with Crippen molar-refractivity contribution < 1.29 is 18.0 Å². The minimum atomic E-state index is -3.85. The summed E-state index contributed by atoms with van der Waals surface area (Å²) < 4.78 is 29.1. The number of rotatable bonds is 5. The van der Waals surface area contributed by atoms with E-state index in [1.807, 2.05) is 74.0 Å². The predicted octanol–water partition coefficient (Wildman–Crippen LogP) is 3.75. The molecule has 1 aliphatic heterocycles. The van der Waals surface area contributed by atoms with Gasteiger partial charge in [-0.05, 0) is 34.5 Å². The Labute approximate surface area is 215 Å². The summed E-state index contributed by atoms with van der Waals surface area (Å²) in [6, 6.07) is 22.4. The van der Waals surface area contributed by atoms with Crippen molar-refractivity contribution in [2.45, 2.75) is 32.7 Å². The number of amides is 2. The van der Waals surface area contributed by atoms with Gasteiger partial charge in [0.05, 0.1) is 17.9 Å². The van der Waals surface area contributed by atoms with Crippen molar-refractivity contribution in [2.24, 2.45) is 0 Å². The van der Waals surface area contributed by atoms with E-state index >= 15 is 0 Å². The van der Waals surface area contributed by atoms with Crippen LogP contribution in [-0.4, -0.2) is 40.9 Å². The summed E-state index contributed by atoms with van der Waals surface area (Å²) in [6.45, 7) is 5.91. The van der Waals surface area contributed by atoms with Gasteiger partial charge in [-0.2, -0.15) is 17.8 Å². The van der Waals surface area contributed by atoms with Gasteiger partial charge in [0.1, 0.15) is 5.82 Å². The average Bonchev–Trinajstić information content (AvgIpc) is 3.38. The Hall–Kier alpha value is -4.02. The molecule has 1 aliphatic rings. The van der Waals surface area contributed by atoms with E-state index in [1.54, 1.807) is 28.9 Å². The third kappa shape index (κ3) is 4.98. The second-order valence-corrected chi connectivity index (χ2v) is 11.7. The number of fused-ring (bicyclic) bond motifs is 1. The SMILES string of the molecule is CC(C)(C)c1cc(NC(=O)c2cccc3ccccc23)n(-c2cccc(CN3CC(=O)NS3(=O)=O)c2)n1. The van der Waals surface area contributed by atoms with Gasteiger partial charge < -0.3 is 5.32 Å². The molecule has 0 saturated carbocycles. The van der Waals surface area contributed by atoms with Crippen LogP contribution in [-0.2, 0) is 27.0 Å². The van der Waals surface area contributed by atoms with Gasteiger partial charge in [0, 0.05) is 23.6 Å². The predicted molar refractivity (Wildman–Crippen MR) is 142 cm³/mol. The van der Waals surface area contributed by atoms with E-state index in [0.717, 1.165) is 20.8 Å². The van der Waals surface area contributed by atoms with Crippen molar-refractivity contribution in [2.75, 3.05) is 11.9 Å². The number of aromatic nitrogens is 2. The fourth-order valence-corrected chi connectivity index (χ4v) is 5.35. The molecule has 1 aromatic heterocycles. The van der Waals surface area contributed by atoms with Gasteiger partial charge in [0.15, 0.2) is 0 Å². The summed E-state index contributed by atoms with van der Waals surface area (Å²) in [5.41, 5.74) is 2.38. The maximum absolute atomic E-state index is 13.4. The largest absolute Gasteiger partial charge is 0.306 e. The van der Waals surface area contributed by atoms with Crippen LogP contribution < -0.4 is 10.0 Å². The third-order valence-electron chi connectivity index (χ3n) is 6.17. The minimum Gasteiger partial charge on any atom is -0.306 e. The second-order valence-electron chi connectivity index (χ2n) is 10.0. The van der Waals surface area contributed by atoms with Gasteiger partial charge in [-0.3, -0.25) is 9.59 Å². The van der Waals surface area contributed by atoms with E-state index in [9.17, 15) is 18.0 Å². The van der Waals surface area contributed by atoms with Gasteiger partial charge in [-0.15, -0.1) is 0 Å². The summed E-state index contributed by atoms with van der Waals surface area (Å²) in [4.78, 5) is 25.0. The molecular weight excluding hydrogens is 490 g/mol. The summed E-state index contributed by atoms with van der Waals surface area (Å²) in [7, 11) is -3.85. The van der Waals surface area contributed by atoms with E-state index in [4.69, 9.17) is 5.10 Å². The highest BCUT2D eigenvalue weighted by Crippen LogP contribution is 2.28. The van der Waals surface area contributed by atoms with Crippen LogP contribution in [0.3, 0.4) is 0 Å². The lowest BCUT2D eigenvalue weighted by atomic mass is 9.92. The molecule has 2 amide bonds. The van der Waals surface area contributed by atoms with Crippen molar-refractivity contribution in [1.29, 1.82) is 0 Å². The zero-order valence-corrected chi connectivity index (χ0v) is 21.5. The molecule has 190 valence electrons. The molecule has 5 rings (SSSR count). The molecule has 10 heteroatoms. The van der Waals surface area contributed by atoms with Crippen LogP contribution in [0, 0.1) is 0 Å². The molecule has 0 unspecified atom stereocenters. The highest BCUT2D eigenvalue weighted by molar-refractivity contribution is 7.88. The van der Waals surface area contributed by atoms with Crippen LogP contribution in [0.25, 0.3) is 16.5 Å². The minimum absolute atomic E-state index is 0.0278. The first kappa shape index (κ1) is 24.7. The summed E-state index contributed by atoms with van der Waals surface area (Å²) in [5, 5.41) is 9.62. The number of benzene rings is 3. The van der Waals surface area contributed by atoms with Crippen LogP contribution in [0.2, 0.25) is 0 Å². The molecular formula is C27H27N5O4S. The van der Waals surface area contributed by atoms with Gasteiger partial charge >= 0.3 is 10.2 Å². The molecule has 1 fully saturated rings. The van der Waals surface area contributed by atoms with E-state index in [2.05, 4.69) is 5.32 Å². The normalized spacial score (nSPS) is 15.6. The molecule has 2 heterocycles. The lowest BCUT2D eigenvalue weighted by Gasteiger charge is -2.15. The van der Waals surface area contributed by atoms with Crippen LogP contribution in [0.1, 0.15) is 42.4 Å². The highest BCUT2D eigenvalue weighted by atomic mass is 32.2. The van der Waals surface area contributed by atoms with Crippen LogP contribution in [0.15, 0.2) is 72.8 Å². The topological polar surface area (TPSA) is 113 Å². The average molecular weight is 518 g/mol. The Morgan fingerprint density at radius 2 is 1.76 bits per heavy atom. The molecule has 0 spiro atoms. The van der Waals surface area contributed by atoms with Crippen molar-refractivity contribution in [3.05, 3.63) is 89.6 Å². The highest BCUT2D eigenvalue weighted by Gasteiger charge is 2.33. The molecule has 0 radical (unpaired) electrons. The fraction of sp³-hybridized carbons (Fsp3) is 0.222. The van der Waals surface area contributed by atoms with Crippen LogP contribution >= 0.6 is 0 Å². The Balaban J connectivity index is 1.51. The number of nitrogens with zero attached hydrogens (tertiary/aromatic N) is 3. The maximum Gasteiger partial charge on any atom is 0.304 e. The van der Waals surface area contributed by atoms with Gasteiger partial charge in [0.2, 0.25) is 5.91 Å². The van der Waals surface area contributed by atoms with Crippen LogP contribution in [0.5, 0.6) is 0 Å². The molecule has 9 nitrogen and oxygen atoms in total. The molecule has 1 saturated heterocycles. The van der Waals surface area contributed by atoms with E-state index < -0.39 is 16.1 Å². The molecule has 37 heavy (non-hydrogen) atoms. The van der Waals surface area contributed by atoms with Crippen molar-refractivity contribution in [3.8, 4) is 5.69 Å². The van der Waals surface area contributed by atoms with E-state index in [-0.39, 0.29) is 24.4 Å². The lowest BCUT2D eigenvalue weighted by molar-refractivity contribution is -0.118. The summed E-state index contributed by atoms with van der Waals surface area (Å²) in [6.07, 6.45) is 0. The third-order valence-corrected chi connectivity index (χ3v) is 7.59. The molecule has 4 aromatic rings. The number of hydrogen-bond acceptors (Lipinski definition) is 5. The molecule has 2 N–H and O–H groups in total. The fourth-order valence-electron chi connectivity index (χ4n) is 4.26. The Morgan fingerprint density at radius 1 is 1.03 bits per heavy atom. The standard InChI is InChI=1S/C27H27N5O4S/c1-27(2,3)23-15-24(28-26(34)22-13-7-10-19-9-4-5-12-21(19)22)32(29-23)20-11-6-8-18(14-20)16-31-17-25(33)30-37(31,35)36/h4-15H,16-17H2,1-3H3,(H,28,34)(H,30,33). The Bertz CT molecular complexity index is 1630. The molecule has 3 aromatic carbocycles. The molecule has 0 bridgehead atoms. The Kier molecular flexibility index (Phi) is 6.09. The number of carbonyl (C=O) groups is 2.